The van der Waals surface area contributed by atoms with Crippen molar-refractivity contribution in [3.8, 4) is 0 Å². The molecule has 0 atom stereocenters. The minimum absolute atomic E-state index is 0.944. The van der Waals surface area contributed by atoms with Crippen LogP contribution in [0, 0.1) is 0 Å². The number of nitrogen functional groups attached to an aromatic ring is 1. The molecule has 0 bridgehead atoms. The van der Waals surface area contributed by atoms with Gasteiger partial charge in [0.05, 0.1) is 0 Å². The summed E-state index contributed by atoms with van der Waals surface area (Å²) >= 11 is 3.93. The van der Waals surface area contributed by atoms with Crippen molar-refractivity contribution in [1.29, 1.82) is 0 Å². The Kier molecular flexibility index (Phi) is 14.5. The Morgan fingerprint density at radius 2 is 1.20 bits per heavy atom. The Balaban J connectivity index is 2.19. The van der Waals surface area contributed by atoms with Crippen LogP contribution in [-0.2, 0) is 0 Å². The van der Waals surface area contributed by atoms with Gasteiger partial charge >= 0.3 is 0 Å². The molecule has 0 spiro atoms. The standard InChI is InChI=1S/C22H39NS2/c1-3-5-7-9-11-13-17-24-20-15-16-21(23)22(19-20)25-18-14-12-10-8-6-4-2/h15-16,19H,3-14,17-18,23H2,1-2H3. The van der Waals surface area contributed by atoms with Gasteiger partial charge in [0.2, 0.25) is 0 Å². The van der Waals surface area contributed by atoms with Crippen LogP contribution in [0.2, 0.25) is 0 Å². The summed E-state index contributed by atoms with van der Waals surface area (Å²) in [6.45, 7) is 4.55. The van der Waals surface area contributed by atoms with Crippen molar-refractivity contribution in [2.45, 2.75) is 101 Å². The van der Waals surface area contributed by atoms with Gasteiger partial charge < -0.3 is 5.73 Å². The molecule has 0 unspecified atom stereocenters. The van der Waals surface area contributed by atoms with Crippen LogP contribution in [0.3, 0.4) is 0 Å². The van der Waals surface area contributed by atoms with E-state index in [0.717, 1.165) is 5.69 Å². The van der Waals surface area contributed by atoms with Gasteiger partial charge in [-0.2, -0.15) is 0 Å². The first-order chi connectivity index (χ1) is 12.3. The third-order valence-electron chi connectivity index (χ3n) is 4.51. The summed E-state index contributed by atoms with van der Waals surface area (Å²) in [6, 6.07) is 6.58. The van der Waals surface area contributed by atoms with Gasteiger partial charge in [0.1, 0.15) is 0 Å². The highest BCUT2D eigenvalue weighted by Gasteiger charge is 2.03. The number of hydrogen-bond acceptors (Lipinski definition) is 3. The number of rotatable bonds is 16. The minimum atomic E-state index is 0.944. The molecule has 3 heteroatoms. The van der Waals surface area contributed by atoms with Crippen LogP contribution in [0.15, 0.2) is 28.0 Å². The fraction of sp³-hybridized carbons (Fsp3) is 0.727. The van der Waals surface area contributed by atoms with E-state index in [9.17, 15) is 0 Å². The van der Waals surface area contributed by atoms with E-state index in [1.165, 1.54) is 98.3 Å². The topological polar surface area (TPSA) is 26.0 Å². The first kappa shape index (κ1) is 22.8. The van der Waals surface area contributed by atoms with Crippen LogP contribution < -0.4 is 5.73 Å². The molecule has 1 rings (SSSR count). The highest BCUT2D eigenvalue weighted by atomic mass is 32.2. The number of nitrogens with two attached hydrogens (primary N) is 1. The van der Waals surface area contributed by atoms with E-state index < -0.39 is 0 Å². The molecule has 1 aromatic carbocycles. The van der Waals surface area contributed by atoms with Crippen molar-refractivity contribution in [1.82, 2.24) is 0 Å². The number of hydrogen-bond donors (Lipinski definition) is 1. The second kappa shape index (κ2) is 15.9. The van der Waals surface area contributed by atoms with Crippen LogP contribution in [0.5, 0.6) is 0 Å². The van der Waals surface area contributed by atoms with Crippen LogP contribution in [-0.4, -0.2) is 11.5 Å². The maximum Gasteiger partial charge on any atom is 0.0453 e. The van der Waals surface area contributed by atoms with Crippen molar-refractivity contribution in [3.05, 3.63) is 18.2 Å². The molecule has 0 aliphatic heterocycles. The van der Waals surface area contributed by atoms with Crippen LogP contribution in [0.1, 0.15) is 90.9 Å². The Morgan fingerprint density at radius 1 is 0.680 bits per heavy atom. The molecule has 2 N–H and O–H groups in total. The zero-order chi connectivity index (χ0) is 18.2. The average Bonchev–Trinajstić information content (AvgIpc) is 2.62. The maximum atomic E-state index is 6.16. The highest BCUT2D eigenvalue weighted by Crippen LogP contribution is 2.31. The fourth-order valence-corrected chi connectivity index (χ4v) is 4.90. The third kappa shape index (κ3) is 11.9. The second-order valence-corrected chi connectivity index (χ2v) is 9.24. The number of benzene rings is 1. The molecule has 0 radical (unpaired) electrons. The lowest BCUT2D eigenvalue weighted by Crippen LogP contribution is -1.91. The lowest BCUT2D eigenvalue weighted by molar-refractivity contribution is 0.627. The molecule has 0 aromatic heterocycles. The molecule has 0 fully saturated rings. The van der Waals surface area contributed by atoms with E-state index in [1.54, 1.807) is 0 Å². The molecule has 144 valence electrons. The zero-order valence-corrected chi connectivity index (χ0v) is 18.2. The summed E-state index contributed by atoms with van der Waals surface area (Å²) in [6.07, 6.45) is 16.4. The summed E-state index contributed by atoms with van der Waals surface area (Å²) in [5, 5.41) is 0. The quantitative estimate of drug-likeness (QED) is 0.178. The summed E-state index contributed by atoms with van der Waals surface area (Å²) in [7, 11) is 0. The van der Waals surface area contributed by atoms with Gasteiger partial charge in [0.15, 0.2) is 0 Å². The normalized spacial score (nSPS) is 11.1. The van der Waals surface area contributed by atoms with Gasteiger partial charge in [-0.05, 0) is 42.5 Å². The fourth-order valence-electron chi connectivity index (χ4n) is 2.87. The van der Waals surface area contributed by atoms with Crippen molar-refractivity contribution < 1.29 is 0 Å². The van der Waals surface area contributed by atoms with Gasteiger partial charge in [-0.15, -0.1) is 23.5 Å². The lowest BCUT2D eigenvalue weighted by Gasteiger charge is -2.09. The van der Waals surface area contributed by atoms with Gasteiger partial charge in [0, 0.05) is 15.5 Å². The van der Waals surface area contributed by atoms with Crippen molar-refractivity contribution in [2.24, 2.45) is 0 Å². The predicted molar refractivity (Wildman–Crippen MR) is 119 cm³/mol. The van der Waals surface area contributed by atoms with Gasteiger partial charge in [0.25, 0.3) is 0 Å². The molecule has 0 aliphatic carbocycles. The van der Waals surface area contributed by atoms with Crippen molar-refractivity contribution >= 4 is 29.2 Å². The van der Waals surface area contributed by atoms with E-state index in [1.807, 2.05) is 23.5 Å². The molecular weight excluding hydrogens is 342 g/mol. The van der Waals surface area contributed by atoms with Gasteiger partial charge in [-0.1, -0.05) is 78.1 Å². The second-order valence-electron chi connectivity index (χ2n) is 6.93. The molecule has 0 aliphatic rings. The molecule has 1 nitrogen and oxygen atoms in total. The highest BCUT2D eigenvalue weighted by molar-refractivity contribution is 8.00. The predicted octanol–water partition coefficient (Wildman–Crippen LogP) is 8.17. The smallest absolute Gasteiger partial charge is 0.0453 e. The number of unbranched alkanes of at least 4 members (excludes halogenated alkanes) is 10. The molecule has 0 heterocycles. The summed E-state index contributed by atoms with van der Waals surface area (Å²) < 4.78 is 0. The average molecular weight is 382 g/mol. The summed E-state index contributed by atoms with van der Waals surface area (Å²) in [4.78, 5) is 2.66. The van der Waals surface area contributed by atoms with Gasteiger partial charge in [-0.25, -0.2) is 0 Å². The van der Waals surface area contributed by atoms with E-state index in [4.69, 9.17) is 5.73 Å². The Hall–Kier alpha value is -0.280. The Morgan fingerprint density at radius 3 is 1.80 bits per heavy atom. The summed E-state index contributed by atoms with van der Waals surface area (Å²) in [5.41, 5.74) is 7.11. The van der Waals surface area contributed by atoms with Gasteiger partial charge in [-0.3, -0.25) is 0 Å². The van der Waals surface area contributed by atoms with E-state index in [2.05, 4.69) is 32.0 Å². The molecule has 0 amide bonds. The van der Waals surface area contributed by atoms with Crippen LogP contribution in [0.25, 0.3) is 0 Å². The lowest BCUT2D eigenvalue weighted by atomic mass is 10.1. The number of thioether (sulfide) groups is 2. The third-order valence-corrected chi connectivity index (χ3v) is 6.74. The molecule has 0 saturated heterocycles. The molecule has 1 aromatic rings. The van der Waals surface area contributed by atoms with Crippen molar-refractivity contribution in [2.75, 3.05) is 17.2 Å². The zero-order valence-electron chi connectivity index (χ0n) is 16.5. The van der Waals surface area contributed by atoms with Crippen LogP contribution in [0.4, 0.5) is 5.69 Å². The molecule has 0 saturated carbocycles. The largest absolute Gasteiger partial charge is 0.398 e. The minimum Gasteiger partial charge on any atom is -0.398 e. The van der Waals surface area contributed by atoms with E-state index in [0.29, 0.717) is 0 Å². The number of anilines is 1. The first-order valence-corrected chi connectivity index (χ1v) is 12.4. The maximum absolute atomic E-state index is 6.16. The van der Waals surface area contributed by atoms with Crippen molar-refractivity contribution in [3.63, 3.8) is 0 Å². The Labute approximate surface area is 165 Å². The first-order valence-electron chi connectivity index (χ1n) is 10.4. The SMILES string of the molecule is CCCCCCCCSc1ccc(N)c(SCCCCCCCC)c1. The van der Waals surface area contributed by atoms with E-state index >= 15 is 0 Å². The Bertz CT molecular complexity index is 434. The van der Waals surface area contributed by atoms with Crippen LogP contribution >= 0.6 is 23.5 Å². The molecular formula is C22H39NS2. The molecule has 25 heavy (non-hydrogen) atoms. The van der Waals surface area contributed by atoms with E-state index in [-0.39, 0.29) is 0 Å². The summed E-state index contributed by atoms with van der Waals surface area (Å²) in [5.74, 6) is 2.43. The monoisotopic (exact) mass is 381 g/mol.